The van der Waals surface area contributed by atoms with E-state index in [4.69, 9.17) is 4.52 Å². The Hall–Kier alpha value is -1.57. The van der Waals surface area contributed by atoms with Gasteiger partial charge in [-0.3, -0.25) is 0 Å². The average molecular weight is 359 g/mol. The zero-order chi connectivity index (χ0) is 19.0. The number of rotatable bonds is 3. The molecule has 0 amide bonds. The van der Waals surface area contributed by atoms with Crippen molar-refractivity contribution < 1.29 is 14.0 Å². The fourth-order valence-corrected chi connectivity index (χ4v) is 4.72. The molecule has 1 unspecified atom stereocenters. The summed E-state index contributed by atoms with van der Waals surface area (Å²) in [5.74, 6) is 0.381. The molecule has 135 valence electrons. The molecule has 2 aromatic carbocycles. The number of para-hydroxylation sites is 1. The van der Waals surface area contributed by atoms with E-state index in [9.17, 15) is 9.46 Å². The molecule has 0 aromatic heterocycles. The van der Waals surface area contributed by atoms with Crippen LogP contribution in [0.5, 0.6) is 5.75 Å². The predicted molar refractivity (Wildman–Crippen MR) is 105 cm³/mol. The third-order valence-electron chi connectivity index (χ3n) is 4.04. The summed E-state index contributed by atoms with van der Waals surface area (Å²) in [7, 11) is -4.08. The van der Waals surface area contributed by atoms with Crippen LogP contribution in [0.3, 0.4) is 0 Å². The van der Waals surface area contributed by atoms with Gasteiger partial charge in [-0.15, -0.1) is 0 Å². The number of benzene rings is 2. The minimum absolute atomic E-state index is 0.318. The highest BCUT2D eigenvalue weighted by Gasteiger charge is 2.37. The Morgan fingerprint density at radius 2 is 1.36 bits per heavy atom. The minimum atomic E-state index is -4.08. The van der Waals surface area contributed by atoms with Gasteiger partial charge in [-0.2, -0.15) is 0 Å². The minimum Gasteiger partial charge on any atom is -0.421 e. The van der Waals surface area contributed by atoms with Crippen molar-refractivity contribution in [2.24, 2.45) is 0 Å². The smallest absolute Gasteiger partial charge is 0.408 e. The van der Waals surface area contributed by atoms with E-state index in [0.717, 1.165) is 16.7 Å². The van der Waals surface area contributed by atoms with Crippen LogP contribution in [0.2, 0.25) is 0 Å². The average Bonchev–Trinajstić information content (AvgIpc) is 2.44. The summed E-state index contributed by atoms with van der Waals surface area (Å²) in [6, 6.07) is 12.6. The Bertz CT molecular complexity index is 761. The van der Waals surface area contributed by atoms with Crippen LogP contribution in [-0.2, 0) is 15.4 Å². The highest BCUT2D eigenvalue weighted by atomic mass is 31.2. The molecular weight excluding hydrogens is 331 g/mol. The molecule has 0 aliphatic carbocycles. The van der Waals surface area contributed by atoms with Crippen LogP contribution in [0.1, 0.15) is 58.2 Å². The van der Waals surface area contributed by atoms with Crippen LogP contribution < -0.4 is 9.83 Å². The first-order valence-corrected chi connectivity index (χ1v) is 9.99. The van der Waals surface area contributed by atoms with Gasteiger partial charge >= 0.3 is 7.60 Å². The van der Waals surface area contributed by atoms with E-state index in [1.165, 1.54) is 0 Å². The number of hydrogen-bond donors (Lipinski definition) is 1. The van der Waals surface area contributed by atoms with Crippen LogP contribution in [0.25, 0.3) is 0 Å². The molecule has 0 fully saturated rings. The van der Waals surface area contributed by atoms with Crippen molar-refractivity contribution in [1.82, 2.24) is 0 Å². The molecule has 0 saturated heterocycles. The standard InChI is InChI=1S/C21H28O3P/c1-15-13-17(20(2,3)4)19(18(14-15)21(5,6)7)25(22,23)24-16-11-9-8-10-12-16/h8-14H,1H2,2-7H3,(H,22,23). The first-order chi connectivity index (χ1) is 11.3. The molecule has 0 heterocycles. The summed E-state index contributed by atoms with van der Waals surface area (Å²) in [4.78, 5) is 10.9. The van der Waals surface area contributed by atoms with Crippen LogP contribution in [0.15, 0.2) is 42.5 Å². The second kappa shape index (κ2) is 6.63. The topological polar surface area (TPSA) is 46.5 Å². The molecule has 4 heteroatoms. The lowest BCUT2D eigenvalue weighted by Gasteiger charge is -2.32. The Labute approximate surface area is 151 Å². The molecule has 0 aliphatic rings. The molecule has 0 aliphatic heterocycles. The van der Waals surface area contributed by atoms with Crippen LogP contribution >= 0.6 is 7.60 Å². The van der Waals surface area contributed by atoms with E-state index in [2.05, 4.69) is 6.92 Å². The van der Waals surface area contributed by atoms with E-state index >= 15 is 0 Å². The molecule has 3 nitrogen and oxygen atoms in total. The third-order valence-corrected chi connectivity index (χ3v) is 5.55. The van der Waals surface area contributed by atoms with Crippen molar-refractivity contribution in [2.45, 2.75) is 52.4 Å². The second-order valence-electron chi connectivity index (χ2n) is 8.46. The Morgan fingerprint density at radius 3 is 1.76 bits per heavy atom. The first kappa shape index (κ1) is 19.8. The lowest BCUT2D eigenvalue weighted by Crippen LogP contribution is -2.32. The Balaban J connectivity index is 2.75. The van der Waals surface area contributed by atoms with Crippen molar-refractivity contribution >= 4 is 12.9 Å². The van der Waals surface area contributed by atoms with E-state index in [1.54, 1.807) is 24.3 Å². The molecule has 1 radical (unpaired) electrons. The Morgan fingerprint density at radius 1 is 0.920 bits per heavy atom. The molecular formula is C21H28O3P. The van der Waals surface area contributed by atoms with Gasteiger partial charge in [0.25, 0.3) is 0 Å². The molecule has 1 atom stereocenters. The van der Waals surface area contributed by atoms with Crippen LogP contribution in [0, 0.1) is 6.92 Å². The summed E-state index contributed by atoms with van der Waals surface area (Å²) in [6.07, 6.45) is 0. The van der Waals surface area contributed by atoms with E-state index < -0.39 is 7.60 Å². The van der Waals surface area contributed by atoms with Gasteiger partial charge < -0.3 is 9.42 Å². The third kappa shape index (κ3) is 4.54. The second-order valence-corrected chi connectivity index (χ2v) is 10.1. The summed E-state index contributed by atoms with van der Waals surface area (Å²) >= 11 is 0. The maximum atomic E-state index is 13.3. The summed E-state index contributed by atoms with van der Waals surface area (Å²) in [6.45, 7) is 16.2. The highest BCUT2D eigenvalue weighted by molar-refractivity contribution is 7.61. The summed E-state index contributed by atoms with van der Waals surface area (Å²) in [5.41, 5.74) is 1.79. The monoisotopic (exact) mass is 359 g/mol. The Kier molecular flexibility index (Phi) is 5.23. The molecule has 0 bridgehead atoms. The molecule has 2 rings (SSSR count). The maximum Gasteiger partial charge on any atom is 0.408 e. The largest absolute Gasteiger partial charge is 0.421 e. The van der Waals surface area contributed by atoms with E-state index in [1.807, 2.05) is 59.7 Å². The van der Waals surface area contributed by atoms with Crippen molar-refractivity contribution in [3.05, 3.63) is 66.1 Å². The SMILES string of the molecule is [CH2]c1cc(C(C)(C)C)c(P(=O)(O)Oc2ccccc2)c(C(C)(C)C)c1. The molecule has 0 spiro atoms. The van der Waals surface area contributed by atoms with Gasteiger partial charge in [0.2, 0.25) is 0 Å². The van der Waals surface area contributed by atoms with Crippen LogP contribution in [0.4, 0.5) is 0 Å². The zero-order valence-corrected chi connectivity index (χ0v) is 16.9. The van der Waals surface area contributed by atoms with E-state index in [0.29, 0.717) is 11.1 Å². The van der Waals surface area contributed by atoms with Crippen molar-refractivity contribution in [1.29, 1.82) is 0 Å². The van der Waals surface area contributed by atoms with Gasteiger partial charge in [0, 0.05) is 0 Å². The lowest BCUT2D eigenvalue weighted by atomic mass is 9.79. The van der Waals surface area contributed by atoms with Crippen molar-refractivity contribution in [3.63, 3.8) is 0 Å². The first-order valence-electron chi connectivity index (χ1n) is 8.41. The number of hydrogen-bond acceptors (Lipinski definition) is 2. The molecule has 1 N–H and O–H groups in total. The zero-order valence-electron chi connectivity index (χ0n) is 16.0. The van der Waals surface area contributed by atoms with Gasteiger partial charge in [0.1, 0.15) is 5.75 Å². The van der Waals surface area contributed by atoms with E-state index in [-0.39, 0.29) is 10.8 Å². The molecule has 0 saturated carbocycles. The highest BCUT2D eigenvalue weighted by Crippen LogP contribution is 2.47. The lowest BCUT2D eigenvalue weighted by molar-refractivity contribution is 0.391. The van der Waals surface area contributed by atoms with Gasteiger partial charge in [-0.05, 0) is 46.6 Å². The van der Waals surface area contributed by atoms with Gasteiger partial charge in [0.05, 0.1) is 5.30 Å². The normalized spacial score (nSPS) is 14.9. The fraction of sp³-hybridized carbons (Fsp3) is 0.381. The summed E-state index contributed by atoms with van der Waals surface area (Å²) in [5, 5.41) is 0.392. The predicted octanol–water partition coefficient (Wildman–Crippen LogP) is 5.35. The molecule has 25 heavy (non-hydrogen) atoms. The summed E-state index contributed by atoms with van der Waals surface area (Å²) < 4.78 is 18.9. The van der Waals surface area contributed by atoms with Gasteiger partial charge in [-0.1, -0.05) is 71.9 Å². The van der Waals surface area contributed by atoms with Crippen molar-refractivity contribution in [2.75, 3.05) is 0 Å². The van der Waals surface area contributed by atoms with Gasteiger partial charge in [-0.25, -0.2) is 4.57 Å². The van der Waals surface area contributed by atoms with Crippen molar-refractivity contribution in [3.8, 4) is 5.75 Å². The van der Waals surface area contributed by atoms with Gasteiger partial charge in [0.15, 0.2) is 0 Å². The quantitative estimate of drug-likeness (QED) is 0.751. The molecule has 2 aromatic rings. The maximum absolute atomic E-state index is 13.3. The fourth-order valence-electron chi connectivity index (χ4n) is 2.81. The van der Waals surface area contributed by atoms with Crippen LogP contribution in [-0.4, -0.2) is 4.89 Å².